The van der Waals surface area contributed by atoms with E-state index in [0.29, 0.717) is 12.0 Å². The van der Waals surface area contributed by atoms with E-state index in [9.17, 15) is 4.79 Å². The maximum atomic E-state index is 11.6. The fraction of sp³-hybridized carbons (Fsp3) is 0.273. The van der Waals surface area contributed by atoms with E-state index in [2.05, 4.69) is 28.7 Å². The highest BCUT2D eigenvalue weighted by molar-refractivity contribution is 14.1. The van der Waals surface area contributed by atoms with Crippen LogP contribution in [-0.4, -0.2) is 5.78 Å². The number of nitriles is 1. The summed E-state index contributed by atoms with van der Waals surface area (Å²) in [5.41, 5.74) is 2.47. The first-order valence-corrected chi connectivity index (χ1v) is 5.56. The van der Waals surface area contributed by atoms with Crippen LogP contribution >= 0.6 is 22.6 Å². The normalized spacial score (nSPS) is 14.7. The van der Waals surface area contributed by atoms with Crippen molar-refractivity contribution in [1.82, 2.24) is 0 Å². The number of nitrogens with zero attached hydrogens (tertiary/aromatic N) is 1. The predicted molar refractivity (Wildman–Crippen MR) is 61.1 cm³/mol. The van der Waals surface area contributed by atoms with Crippen LogP contribution in [0, 0.1) is 14.9 Å². The Morgan fingerprint density at radius 2 is 2.14 bits per heavy atom. The summed E-state index contributed by atoms with van der Waals surface area (Å²) < 4.78 is 0.943. The molecule has 14 heavy (non-hydrogen) atoms. The van der Waals surface area contributed by atoms with Crippen LogP contribution in [0.2, 0.25) is 0 Å². The summed E-state index contributed by atoms with van der Waals surface area (Å²) in [6.07, 6.45) is 2.52. The Morgan fingerprint density at radius 1 is 1.36 bits per heavy atom. The van der Waals surface area contributed by atoms with Gasteiger partial charge in [-0.3, -0.25) is 4.79 Å². The molecule has 70 valence electrons. The molecule has 0 saturated heterocycles. The molecular weight excluding hydrogens is 289 g/mol. The fourth-order valence-electron chi connectivity index (χ4n) is 1.74. The first-order valence-electron chi connectivity index (χ1n) is 4.48. The molecule has 1 aliphatic carbocycles. The third kappa shape index (κ3) is 1.55. The minimum absolute atomic E-state index is 0.180. The molecule has 0 aromatic heterocycles. The highest BCUT2D eigenvalue weighted by atomic mass is 127. The number of fused-ring (bicyclic) bond motifs is 1. The van der Waals surface area contributed by atoms with Gasteiger partial charge in [-0.25, -0.2) is 0 Å². The Hall–Kier alpha value is -0.890. The van der Waals surface area contributed by atoms with Crippen molar-refractivity contribution >= 4 is 28.4 Å². The molecule has 3 heteroatoms. The Morgan fingerprint density at radius 3 is 2.86 bits per heavy atom. The van der Waals surface area contributed by atoms with Crippen LogP contribution in [-0.2, 0) is 6.42 Å². The van der Waals surface area contributed by atoms with Gasteiger partial charge >= 0.3 is 0 Å². The molecule has 0 N–H and O–H groups in total. The van der Waals surface area contributed by atoms with Gasteiger partial charge in [0, 0.05) is 15.6 Å². The van der Waals surface area contributed by atoms with Crippen LogP contribution in [0.5, 0.6) is 0 Å². The quantitative estimate of drug-likeness (QED) is 0.691. The number of hydrogen-bond donors (Lipinski definition) is 0. The molecule has 0 saturated carbocycles. The van der Waals surface area contributed by atoms with Crippen molar-refractivity contribution in [2.75, 3.05) is 0 Å². The van der Waals surface area contributed by atoms with Gasteiger partial charge in [0.15, 0.2) is 5.78 Å². The molecule has 0 atom stereocenters. The average molecular weight is 297 g/mol. The van der Waals surface area contributed by atoms with Crippen LogP contribution in [0.15, 0.2) is 12.1 Å². The van der Waals surface area contributed by atoms with Crippen molar-refractivity contribution < 1.29 is 4.79 Å². The number of Topliss-reactive ketones (excluding diaryl/α,β-unsaturated/α-hetero) is 1. The number of benzene rings is 1. The molecule has 2 nitrogen and oxygen atoms in total. The SMILES string of the molecule is N#Cc1cc2c(cc1I)CCCC2=O. The second-order valence-electron chi connectivity index (χ2n) is 3.38. The van der Waals surface area contributed by atoms with Crippen molar-refractivity contribution in [3.8, 4) is 6.07 Å². The van der Waals surface area contributed by atoms with Crippen LogP contribution in [0.25, 0.3) is 0 Å². The smallest absolute Gasteiger partial charge is 0.163 e. The topological polar surface area (TPSA) is 40.9 Å². The standard InChI is InChI=1S/C11H8INO/c12-10-5-7-2-1-3-11(14)9(7)4-8(10)6-13/h4-5H,1-3H2. The molecule has 0 heterocycles. The lowest BCUT2D eigenvalue weighted by Gasteiger charge is -2.15. The van der Waals surface area contributed by atoms with Gasteiger partial charge in [-0.1, -0.05) is 0 Å². The van der Waals surface area contributed by atoms with Crippen LogP contribution in [0.1, 0.15) is 34.3 Å². The zero-order valence-corrected chi connectivity index (χ0v) is 9.67. The van der Waals surface area contributed by atoms with Gasteiger partial charge in [0.2, 0.25) is 0 Å². The van der Waals surface area contributed by atoms with Crippen LogP contribution < -0.4 is 0 Å². The number of carbonyl (C=O) groups excluding carboxylic acids is 1. The maximum Gasteiger partial charge on any atom is 0.163 e. The number of carbonyl (C=O) groups is 1. The lowest BCUT2D eigenvalue weighted by atomic mass is 9.89. The largest absolute Gasteiger partial charge is 0.294 e. The molecule has 1 aromatic carbocycles. The lowest BCUT2D eigenvalue weighted by molar-refractivity contribution is 0.0972. The van der Waals surface area contributed by atoms with Gasteiger partial charge in [0.1, 0.15) is 6.07 Å². The highest BCUT2D eigenvalue weighted by Gasteiger charge is 2.18. The Labute approximate surface area is 96.1 Å². The molecule has 0 unspecified atom stereocenters. The molecule has 0 bridgehead atoms. The van der Waals surface area contributed by atoms with Gasteiger partial charge in [0.25, 0.3) is 0 Å². The van der Waals surface area contributed by atoms with Gasteiger partial charge in [-0.2, -0.15) is 5.26 Å². The van der Waals surface area contributed by atoms with E-state index in [4.69, 9.17) is 5.26 Å². The number of ketones is 1. The first kappa shape index (κ1) is 9.66. The van der Waals surface area contributed by atoms with E-state index in [1.165, 1.54) is 0 Å². The molecule has 0 aliphatic heterocycles. The predicted octanol–water partition coefficient (Wildman–Crippen LogP) is 2.68. The van der Waals surface area contributed by atoms with E-state index in [1.54, 1.807) is 6.07 Å². The summed E-state index contributed by atoms with van der Waals surface area (Å²) >= 11 is 2.14. The van der Waals surface area contributed by atoms with Crippen molar-refractivity contribution in [1.29, 1.82) is 5.26 Å². The third-order valence-electron chi connectivity index (χ3n) is 2.46. The summed E-state index contributed by atoms with van der Waals surface area (Å²) in [7, 11) is 0. The second-order valence-corrected chi connectivity index (χ2v) is 4.54. The number of hydrogen-bond acceptors (Lipinski definition) is 2. The van der Waals surface area contributed by atoms with Gasteiger partial charge in [-0.05, 0) is 53.1 Å². The van der Waals surface area contributed by atoms with Crippen LogP contribution in [0.3, 0.4) is 0 Å². The monoisotopic (exact) mass is 297 g/mol. The zero-order chi connectivity index (χ0) is 10.1. The summed E-state index contributed by atoms with van der Waals surface area (Å²) in [4.78, 5) is 11.6. The van der Waals surface area contributed by atoms with E-state index >= 15 is 0 Å². The van der Waals surface area contributed by atoms with E-state index in [-0.39, 0.29) is 5.78 Å². The summed E-state index contributed by atoms with van der Waals surface area (Å²) in [6, 6.07) is 5.80. The average Bonchev–Trinajstić information content (AvgIpc) is 2.17. The summed E-state index contributed by atoms with van der Waals surface area (Å²) in [5.74, 6) is 0.180. The molecule has 0 radical (unpaired) electrons. The summed E-state index contributed by atoms with van der Waals surface area (Å²) in [6.45, 7) is 0. The number of aryl methyl sites for hydroxylation is 1. The number of rotatable bonds is 0. The maximum absolute atomic E-state index is 11.6. The molecular formula is C11H8INO. The number of halogens is 1. The highest BCUT2D eigenvalue weighted by Crippen LogP contribution is 2.25. The molecule has 2 rings (SSSR count). The molecule has 0 spiro atoms. The van der Waals surface area contributed by atoms with Crippen molar-refractivity contribution in [2.24, 2.45) is 0 Å². The zero-order valence-electron chi connectivity index (χ0n) is 7.51. The molecule has 1 aromatic rings. The van der Waals surface area contributed by atoms with Gasteiger partial charge in [0.05, 0.1) is 5.56 Å². The van der Waals surface area contributed by atoms with Gasteiger partial charge < -0.3 is 0 Å². The minimum atomic E-state index is 0.180. The van der Waals surface area contributed by atoms with E-state index in [0.717, 1.165) is 27.5 Å². The molecule has 0 amide bonds. The Balaban J connectivity index is 2.62. The first-order chi connectivity index (χ1) is 6.72. The van der Waals surface area contributed by atoms with Gasteiger partial charge in [-0.15, -0.1) is 0 Å². The molecule has 0 fully saturated rings. The Bertz CT molecular complexity index is 445. The fourth-order valence-corrected chi connectivity index (χ4v) is 2.39. The van der Waals surface area contributed by atoms with Crippen molar-refractivity contribution in [3.63, 3.8) is 0 Å². The van der Waals surface area contributed by atoms with Crippen LogP contribution in [0.4, 0.5) is 0 Å². The second kappa shape index (κ2) is 3.70. The van der Waals surface area contributed by atoms with E-state index < -0.39 is 0 Å². The van der Waals surface area contributed by atoms with Crippen molar-refractivity contribution in [2.45, 2.75) is 19.3 Å². The molecule has 1 aliphatic rings. The Kier molecular flexibility index (Phi) is 2.55. The van der Waals surface area contributed by atoms with E-state index in [1.807, 2.05) is 6.07 Å². The van der Waals surface area contributed by atoms with Crippen molar-refractivity contribution in [3.05, 3.63) is 32.4 Å². The third-order valence-corrected chi connectivity index (χ3v) is 3.36. The minimum Gasteiger partial charge on any atom is -0.294 e. The summed E-state index contributed by atoms with van der Waals surface area (Å²) in [5, 5.41) is 8.84. The lowest BCUT2D eigenvalue weighted by Crippen LogP contribution is -2.11.